The van der Waals surface area contributed by atoms with E-state index in [0.29, 0.717) is 19.1 Å². The van der Waals surface area contributed by atoms with E-state index >= 15 is 0 Å². The average Bonchev–Trinajstić information content (AvgIpc) is 3.39. The van der Waals surface area contributed by atoms with Crippen molar-refractivity contribution in [3.63, 3.8) is 0 Å². The fourth-order valence-corrected chi connectivity index (χ4v) is 2.60. The number of ether oxygens (including phenoxy) is 2. The highest BCUT2D eigenvalue weighted by Crippen LogP contribution is 2.39. The molecule has 3 rings (SSSR count). The summed E-state index contributed by atoms with van der Waals surface area (Å²) < 4.78 is 11.4. The predicted molar refractivity (Wildman–Crippen MR) is 85.3 cm³/mol. The van der Waals surface area contributed by atoms with Crippen LogP contribution in [0.5, 0.6) is 0 Å². The standard InChI is InChI=1S/C16H24N4O3/c1-20(2)16(21)9-23-14-5-6-22-8-13(14)19-15-7-12(11-3-4-11)17-10-18-15/h7,10-11,13-14H,3-6,8-9H2,1-2H3,(H,17,18,19)/t13-,14+/m0/s1. The van der Waals surface area contributed by atoms with Gasteiger partial charge < -0.3 is 19.7 Å². The Morgan fingerprint density at radius 3 is 2.96 bits per heavy atom. The van der Waals surface area contributed by atoms with Crippen molar-refractivity contribution < 1.29 is 14.3 Å². The molecule has 2 aliphatic rings. The number of hydrogen-bond donors (Lipinski definition) is 1. The largest absolute Gasteiger partial charge is 0.379 e. The lowest BCUT2D eigenvalue weighted by atomic mass is 10.1. The van der Waals surface area contributed by atoms with Crippen LogP contribution in [0.4, 0.5) is 5.82 Å². The van der Waals surface area contributed by atoms with Crippen LogP contribution in [0.25, 0.3) is 0 Å². The summed E-state index contributed by atoms with van der Waals surface area (Å²) in [6.45, 7) is 1.28. The molecule has 1 aliphatic heterocycles. The Morgan fingerprint density at radius 1 is 1.39 bits per heavy atom. The van der Waals surface area contributed by atoms with Crippen LogP contribution >= 0.6 is 0 Å². The molecule has 7 heteroatoms. The first-order valence-electron chi connectivity index (χ1n) is 8.11. The number of aromatic nitrogens is 2. The van der Waals surface area contributed by atoms with E-state index in [9.17, 15) is 4.79 Å². The van der Waals surface area contributed by atoms with Gasteiger partial charge in [0.1, 0.15) is 18.8 Å². The van der Waals surface area contributed by atoms with E-state index in [1.165, 1.54) is 17.7 Å². The van der Waals surface area contributed by atoms with Crippen molar-refractivity contribution in [3.05, 3.63) is 18.1 Å². The Kier molecular flexibility index (Phi) is 5.07. The van der Waals surface area contributed by atoms with E-state index in [-0.39, 0.29) is 24.7 Å². The number of carbonyl (C=O) groups is 1. The molecule has 0 bridgehead atoms. The number of nitrogens with zero attached hydrogens (tertiary/aromatic N) is 3. The maximum atomic E-state index is 11.7. The van der Waals surface area contributed by atoms with E-state index < -0.39 is 0 Å². The van der Waals surface area contributed by atoms with Gasteiger partial charge in [0.25, 0.3) is 0 Å². The van der Waals surface area contributed by atoms with Crippen LogP contribution in [0.15, 0.2) is 12.4 Å². The van der Waals surface area contributed by atoms with E-state index in [0.717, 1.165) is 17.9 Å². The number of rotatable bonds is 6. The summed E-state index contributed by atoms with van der Waals surface area (Å²) >= 11 is 0. The molecule has 1 aliphatic carbocycles. The maximum absolute atomic E-state index is 11.7. The molecule has 1 amide bonds. The van der Waals surface area contributed by atoms with Crippen molar-refractivity contribution in [1.29, 1.82) is 0 Å². The van der Waals surface area contributed by atoms with Gasteiger partial charge in [0, 0.05) is 38.4 Å². The molecule has 2 fully saturated rings. The molecule has 1 aromatic heterocycles. The van der Waals surface area contributed by atoms with Crippen molar-refractivity contribution in [1.82, 2.24) is 14.9 Å². The lowest BCUT2D eigenvalue weighted by molar-refractivity contribution is -0.138. The monoisotopic (exact) mass is 320 g/mol. The Hall–Kier alpha value is -1.73. The number of likely N-dealkylation sites (N-methyl/N-ethyl adjacent to an activating group) is 1. The third kappa shape index (κ3) is 4.39. The second-order valence-corrected chi connectivity index (χ2v) is 6.35. The highest BCUT2D eigenvalue weighted by atomic mass is 16.5. The van der Waals surface area contributed by atoms with Crippen LogP contribution in [0.2, 0.25) is 0 Å². The van der Waals surface area contributed by atoms with Gasteiger partial charge in [-0.3, -0.25) is 4.79 Å². The molecule has 0 unspecified atom stereocenters. The van der Waals surface area contributed by atoms with Crippen LogP contribution in [-0.4, -0.2) is 66.8 Å². The van der Waals surface area contributed by atoms with Crippen LogP contribution in [-0.2, 0) is 14.3 Å². The fraction of sp³-hybridized carbons (Fsp3) is 0.688. The Morgan fingerprint density at radius 2 is 2.22 bits per heavy atom. The molecule has 126 valence electrons. The first-order chi connectivity index (χ1) is 11.1. The summed E-state index contributed by atoms with van der Waals surface area (Å²) in [6, 6.07) is 1.99. The zero-order chi connectivity index (χ0) is 16.2. The number of anilines is 1. The van der Waals surface area contributed by atoms with Crippen LogP contribution in [0.3, 0.4) is 0 Å². The average molecular weight is 320 g/mol. The molecule has 0 spiro atoms. The van der Waals surface area contributed by atoms with Crippen molar-refractivity contribution in [2.24, 2.45) is 0 Å². The second kappa shape index (κ2) is 7.23. The number of carbonyl (C=O) groups excluding carboxylic acids is 1. The number of hydrogen-bond acceptors (Lipinski definition) is 6. The van der Waals surface area contributed by atoms with E-state index in [4.69, 9.17) is 9.47 Å². The Bertz CT molecular complexity index is 548. The minimum atomic E-state index is -0.0630. The van der Waals surface area contributed by atoms with Crippen LogP contribution in [0.1, 0.15) is 30.9 Å². The zero-order valence-electron chi connectivity index (χ0n) is 13.7. The van der Waals surface area contributed by atoms with Crippen LogP contribution in [0, 0.1) is 0 Å². The number of nitrogens with one attached hydrogen (secondary N) is 1. The molecular formula is C16H24N4O3. The molecular weight excluding hydrogens is 296 g/mol. The molecule has 1 saturated heterocycles. The molecule has 1 aromatic rings. The minimum Gasteiger partial charge on any atom is -0.379 e. The smallest absolute Gasteiger partial charge is 0.248 e. The minimum absolute atomic E-state index is 0.0133. The number of amides is 1. The van der Waals surface area contributed by atoms with Gasteiger partial charge >= 0.3 is 0 Å². The molecule has 2 atom stereocenters. The van der Waals surface area contributed by atoms with Gasteiger partial charge in [-0.2, -0.15) is 0 Å². The first-order valence-corrected chi connectivity index (χ1v) is 8.11. The molecule has 23 heavy (non-hydrogen) atoms. The van der Waals surface area contributed by atoms with Gasteiger partial charge in [-0.05, 0) is 19.3 Å². The van der Waals surface area contributed by atoms with E-state index in [1.807, 2.05) is 6.07 Å². The molecule has 0 aromatic carbocycles. The SMILES string of the molecule is CN(C)C(=O)CO[C@@H]1CCOC[C@@H]1Nc1cc(C2CC2)ncn1. The summed E-state index contributed by atoms with van der Waals surface area (Å²) in [7, 11) is 3.46. The van der Waals surface area contributed by atoms with E-state index in [1.54, 1.807) is 20.4 Å². The lowest BCUT2D eigenvalue weighted by Crippen LogP contribution is -2.45. The van der Waals surface area contributed by atoms with Gasteiger partial charge in [-0.15, -0.1) is 0 Å². The van der Waals surface area contributed by atoms with Gasteiger partial charge in [0.05, 0.1) is 18.8 Å². The zero-order valence-corrected chi connectivity index (χ0v) is 13.7. The summed E-state index contributed by atoms with van der Waals surface area (Å²) in [6.07, 6.45) is 4.72. The molecule has 1 N–H and O–H groups in total. The summed E-state index contributed by atoms with van der Waals surface area (Å²) in [5.41, 5.74) is 1.10. The summed E-state index contributed by atoms with van der Waals surface area (Å²) in [5, 5.41) is 3.38. The van der Waals surface area contributed by atoms with Crippen molar-refractivity contribution in [2.75, 3.05) is 39.2 Å². The Balaban J connectivity index is 1.59. The van der Waals surface area contributed by atoms with E-state index in [2.05, 4.69) is 15.3 Å². The molecule has 2 heterocycles. The quantitative estimate of drug-likeness (QED) is 0.843. The lowest BCUT2D eigenvalue weighted by Gasteiger charge is -2.32. The molecule has 0 radical (unpaired) electrons. The first kappa shape index (κ1) is 16.1. The van der Waals surface area contributed by atoms with Gasteiger partial charge in [-0.1, -0.05) is 0 Å². The van der Waals surface area contributed by atoms with Gasteiger partial charge in [0.15, 0.2) is 0 Å². The van der Waals surface area contributed by atoms with Crippen molar-refractivity contribution >= 4 is 11.7 Å². The maximum Gasteiger partial charge on any atom is 0.248 e. The summed E-state index contributed by atoms with van der Waals surface area (Å²) in [4.78, 5) is 21.9. The highest BCUT2D eigenvalue weighted by Gasteiger charge is 2.29. The van der Waals surface area contributed by atoms with Crippen molar-refractivity contribution in [2.45, 2.75) is 37.3 Å². The van der Waals surface area contributed by atoms with Gasteiger partial charge in [0.2, 0.25) is 5.91 Å². The summed E-state index contributed by atoms with van der Waals surface area (Å²) in [5.74, 6) is 1.35. The third-order valence-electron chi connectivity index (χ3n) is 4.23. The van der Waals surface area contributed by atoms with Crippen LogP contribution < -0.4 is 5.32 Å². The van der Waals surface area contributed by atoms with Gasteiger partial charge in [-0.25, -0.2) is 9.97 Å². The topological polar surface area (TPSA) is 76.6 Å². The third-order valence-corrected chi connectivity index (χ3v) is 4.23. The molecule has 7 nitrogen and oxygen atoms in total. The highest BCUT2D eigenvalue weighted by molar-refractivity contribution is 5.76. The normalized spacial score (nSPS) is 24.3. The second-order valence-electron chi connectivity index (χ2n) is 6.35. The Labute approximate surface area is 136 Å². The fourth-order valence-electron chi connectivity index (χ4n) is 2.60. The predicted octanol–water partition coefficient (Wildman–Crippen LogP) is 1.03. The molecule has 1 saturated carbocycles. The van der Waals surface area contributed by atoms with Crippen molar-refractivity contribution in [3.8, 4) is 0 Å².